The van der Waals surface area contributed by atoms with Crippen molar-refractivity contribution in [3.05, 3.63) is 46.8 Å². The second kappa shape index (κ2) is 5.73. The predicted octanol–water partition coefficient (Wildman–Crippen LogP) is 2.36. The van der Waals surface area contributed by atoms with Gasteiger partial charge in [0.25, 0.3) is 10.0 Å². The van der Waals surface area contributed by atoms with Gasteiger partial charge in [-0.25, -0.2) is 8.42 Å². The van der Waals surface area contributed by atoms with Crippen LogP contribution in [0, 0.1) is 6.92 Å². The van der Waals surface area contributed by atoms with Gasteiger partial charge in [0, 0.05) is 4.88 Å². The fourth-order valence-electron chi connectivity index (χ4n) is 1.66. The highest BCUT2D eigenvalue weighted by Crippen LogP contribution is 2.25. The summed E-state index contributed by atoms with van der Waals surface area (Å²) in [5.41, 5.74) is 6.96. The van der Waals surface area contributed by atoms with E-state index in [1.54, 1.807) is 18.2 Å². The molecule has 1 heterocycles. The number of hydrogen-bond acceptors (Lipinski definition) is 4. The van der Waals surface area contributed by atoms with Gasteiger partial charge in [0.15, 0.2) is 0 Å². The van der Waals surface area contributed by atoms with E-state index in [0.29, 0.717) is 22.9 Å². The Kier molecular flexibility index (Phi) is 4.24. The number of hydrogen-bond donors (Lipinski definition) is 2. The summed E-state index contributed by atoms with van der Waals surface area (Å²) < 4.78 is 27.4. The van der Waals surface area contributed by atoms with Crippen molar-refractivity contribution in [3.63, 3.8) is 0 Å². The Bertz CT molecular complexity index is 663. The lowest BCUT2D eigenvalue weighted by atomic mass is 10.2. The molecule has 0 unspecified atom stereocenters. The number of benzene rings is 1. The van der Waals surface area contributed by atoms with Crippen LogP contribution in [-0.4, -0.2) is 15.0 Å². The zero-order chi connectivity index (χ0) is 13.9. The normalized spacial score (nSPS) is 11.5. The van der Waals surface area contributed by atoms with Crippen LogP contribution in [0.1, 0.15) is 10.4 Å². The van der Waals surface area contributed by atoms with Gasteiger partial charge in [-0.1, -0.05) is 18.2 Å². The standard InChI is InChI=1S/C13H16N2O2S2/c1-10-4-2-3-5-12(10)15-19(16,17)13-7-6-11(18-13)8-9-14/h2-7,15H,8-9,14H2,1H3. The van der Waals surface area contributed by atoms with Crippen LogP contribution < -0.4 is 10.5 Å². The fraction of sp³-hybridized carbons (Fsp3) is 0.231. The Labute approximate surface area is 117 Å². The van der Waals surface area contributed by atoms with Gasteiger partial charge in [0.05, 0.1) is 5.69 Å². The largest absolute Gasteiger partial charge is 0.330 e. The number of thiophene rings is 1. The van der Waals surface area contributed by atoms with E-state index in [4.69, 9.17) is 5.73 Å². The van der Waals surface area contributed by atoms with E-state index in [1.807, 2.05) is 25.1 Å². The van der Waals surface area contributed by atoms with Gasteiger partial charge < -0.3 is 5.73 Å². The molecule has 0 bridgehead atoms. The number of para-hydroxylation sites is 1. The monoisotopic (exact) mass is 296 g/mol. The minimum Gasteiger partial charge on any atom is -0.330 e. The first-order chi connectivity index (χ1) is 9.03. The molecule has 0 spiro atoms. The van der Waals surface area contributed by atoms with E-state index in [2.05, 4.69) is 4.72 Å². The Hall–Kier alpha value is -1.37. The molecule has 0 saturated heterocycles. The van der Waals surface area contributed by atoms with E-state index in [-0.39, 0.29) is 0 Å². The van der Waals surface area contributed by atoms with E-state index in [9.17, 15) is 8.42 Å². The van der Waals surface area contributed by atoms with Crippen molar-refractivity contribution >= 4 is 27.0 Å². The molecule has 2 rings (SSSR count). The van der Waals surface area contributed by atoms with Crippen molar-refractivity contribution in [2.45, 2.75) is 17.6 Å². The summed E-state index contributed by atoms with van der Waals surface area (Å²) in [5.74, 6) is 0. The molecule has 1 aromatic carbocycles. The zero-order valence-electron chi connectivity index (χ0n) is 10.6. The Morgan fingerprint density at radius 2 is 1.95 bits per heavy atom. The summed E-state index contributed by atoms with van der Waals surface area (Å²) in [4.78, 5) is 0.979. The van der Waals surface area contributed by atoms with E-state index < -0.39 is 10.0 Å². The van der Waals surface area contributed by atoms with Crippen molar-refractivity contribution < 1.29 is 8.42 Å². The third-order valence-electron chi connectivity index (χ3n) is 2.68. The molecule has 0 saturated carbocycles. The maximum Gasteiger partial charge on any atom is 0.271 e. The molecule has 0 amide bonds. The second-order valence-electron chi connectivity index (χ2n) is 4.18. The average molecular weight is 296 g/mol. The van der Waals surface area contributed by atoms with Gasteiger partial charge >= 0.3 is 0 Å². The molecule has 4 nitrogen and oxygen atoms in total. The molecule has 0 aliphatic rings. The van der Waals surface area contributed by atoms with Gasteiger partial charge in [-0.2, -0.15) is 0 Å². The SMILES string of the molecule is Cc1ccccc1NS(=O)(=O)c1ccc(CCN)s1. The second-order valence-corrected chi connectivity index (χ2v) is 7.26. The molecule has 0 fully saturated rings. The lowest BCUT2D eigenvalue weighted by Crippen LogP contribution is -2.12. The highest BCUT2D eigenvalue weighted by Gasteiger charge is 2.17. The van der Waals surface area contributed by atoms with E-state index in [0.717, 1.165) is 10.4 Å². The number of sulfonamides is 1. The quantitative estimate of drug-likeness (QED) is 0.889. The maximum atomic E-state index is 12.2. The van der Waals surface area contributed by atoms with Crippen LogP contribution in [0.25, 0.3) is 0 Å². The molecule has 0 radical (unpaired) electrons. The Morgan fingerprint density at radius 3 is 2.63 bits per heavy atom. The van der Waals surface area contributed by atoms with Gasteiger partial charge in [-0.05, 0) is 43.7 Å². The van der Waals surface area contributed by atoms with Crippen molar-refractivity contribution in [2.75, 3.05) is 11.3 Å². The number of anilines is 1. The molecular weight excluding hydrogens is 280 g/mol. The Balaban J connectivity index is 2.25. The fourth-order valence-corrected chi connectivity index (χ4v) is 4.16. The third-order valence-corrected chi connectivity index (χ3v) is 5.68. The minimum absolute atomic E-state index is 0.319. The lowest BCUT2D eigenvalue weighted by Gasteiger charge is -2.08. The van der Waals surface area contributed by atoms with Crippen molar-refractivity contribution in [3.8, 4) is 0 Å². The highest BCUT2D eigenvalue weighted by molar-refractivity contribution is 7.94. The lowest BCUT2D eigenvalue weighted by molar-refractivity contribution is 0.603. The van der Waals surface area contributed by atoms with Gasteiger partial charge in [0.1, 0.15) is 4.21 Å². The van der Waals surface area contributed by atoms with Gasteiger partial charge in [-0.3, -0.25) is 4.72 Å². The van der Waals surface area contributed by atoms with E-state index >= 15 is 0 Å². The molecule has 6 heteroatoms. The summed E-state index contributed by atoms with van der Waals surface area (Å²) in [6.45, 7) is 2.39. The summed E-state index contributed by atoms with van der Waals surface area (Å²) in [5, 5.41) is 0. The summed E-state index contributed by atoms with van der Waals surface area (Å²) in [6.07, 6.45) is 0.699. The first-order valence-electron chi connectivity index (χ1n) is 5.90. The van der Waals surface area contributed by atoms with Crippen LogP contribution in [0.15, 0.2) is 40.6 Å². The average Bonchev–Trinajstić information content (AvgIpc) is 2.82. The highest BCUT2D eigenvalue weighted by atomic mass is 32.2. The number of aryl methyl sites for hydroxylation is 1. The van der Waals surface area contributed by atoms with Crippen molar-refractivity contribution in [2.24, 2.45) is 5.73 Å². The Morgan fingerprint density at radius 1 is 1.21 bits per heavy atom. The molecule has 3 N–H and O–H groups in total. The summed E-state index contributed by atoms with van der Waals surface area (Å²) in [7, 11) is -3.51. The molecule has 19 heavy (non-hydrogen) atoms. The summed E-state index contributed by atoms with van der Waals surface area (Å²) >= 11 is 1.26. The van der Waals surface area contributed by atoms with Crippen LogP contribution in [0.4, 0.5) is 5.69 Å². The molecule has 102 valence electrons. The number of rotatable bonds is 5. The van der Waals surface area contributed by atoms with Gasteiger partial charge in [-0.15, -0.1) is 11.3 Å². The van der Waals surface area contributed by atoms with Crippen molar-refractivity contribution in [1.82, 2.24) is 0 Å². The minimum atomic E-state index is -3.51. The smallest absolute Gasteiger partial charge is 0.271 e. The summed E-state index contributed by atoms with van der Waals surface area (Å²) in [6, 6.07) is 10.7. The zero-order valence-corrected chi connectivity index (χ0v) is 12.2. The topological polar surface area (TPSA) is 72.2 Å². The van der Waals surface area contributed by atoms with Crippen LogP contribution in [0.2, 0.25) is 0 Å². The van der Waals surface area contributed by atoms with Gasteiger partial charge in [0.2, 0.25) is 0 Å². The molecular formula is C13H16N2O2S2. The molecule has 2 aromatic rings. The van der Waals surface area contributed by atoms with Crippen LogP contribution in [0.5, 0.6) is 0 Å². The number of nitrogens with one attached hydrogen (secondary N) is 1. The first-order valence-corrected chi connectivity index (χ1v) is 8.20. The maximum absolute atomic E-state index is 12.2. The van der Waals surface area contributed by atoms with Crippen molar-refractivity contribution in [1.29, 1.82) is 0 Å². The molecule has 1 aromatic heterocycles. The predicted molar refractivity (Wildman–Crippen MR) is 79.1 cm³/mol. The van der Waals surface area contributed by atoms with Crippen LogP contribution in [0.3, 0.4) is 0 Å². The first kappa shape index (κ1) is 14.0. The molecule has 0 atom stereocenters. The van der Waals surface area contributed by atoms with Crippen LogP contribution in [-0.2, 0) is 16.4 Å². The van der Waals surface area contributed by atoms with Crippen LogP contribution >= 0.6 is 11.3 Å². The number of nitrogens with two attached hydrogens (primary N) is 1. The third kappa shape index (κ3) is 3.34. The molecule has 0 aliphatic heterocycles. The molecule has 0 aliphatic carbocycles. The van der Waals surface area contributed by atoms with E-state index in [1.165, 1.54) is 11.3 Å².